The third-order valence-corrected chi connectivity index (χ3v) is 3.10. The number of rotatable bonds is 7. The molecule has 0 saturated carbocycles. The number of nitrogens with one attached hydrogen (secondary N) is 1. The van der Waals surface area contributed by atoms with Crippen molar-refractivity contribution in [2.45, 2.75) is 27.3 Å². The van der Waals surface area contributed by atoms with Crippen LogP contribution < -0.4 is 5.32 Å². The Morgan fingerprint density at radius 3 is 2.85 bits per heavy atom. The predicted octanol–water partition coefficient (Wildman–Crippen LogP) is 3.31. The highest BCUT2D eigenvalue weighted by Crippen LogP contribution is 2.14. The van der Waals surface area contributed by atoms with Gasteiger partial charge in [-0.3, -0.25) is 4.98 Å². The van der Waals surface area contributed by atoms with E-state index in [0.717, 1.165) is 37.5 Å². The molecule has 0 aliphatic carbocycles. The lowest BCUT2D eigenvalue weighted by Crippen LogP contribution is -2.20. The van der Waals surface area contributed by atoms with E-state index in [0.29, 0.717) is 5.92 Å². The van der Waals surface area contributed by atoms with Crippen molar-refractivity contribution < 1.29 is 4.74 Å². The highest BCUT2D eigenvalue weighted by Gasteiger charge is 1.99. The minimum absolute atomic E-state index is 0.603. The van der Waals surface area contributed by atoms with Crippen molar-refractivity contribution in [3.05, 3.63) is 41.6 Å². The molecule has 3 nitrogen and oxygen atoms in total. The van der Waals surface area contributed by atoms with Crippen molar-refractivity contribution in [1.29, 1.82) is 0 Å². The minimum Gasteiger partial charge on any atom is -0.380 e. The lowest BCUT2D eigenvalue weighted by molar-refractivity contribution is 0.111. The van der Waals surface area contributed by atoms with Gasteiger partial charge in [0.1, 0.15) is 0 Å². The number of hydrogen-bond donors (Lipinski definition) is 1. The van der Waals surface area contributed by atoms with Crippen LogP contribution in [0, 0.1) is 12.8 Å². The molecular formula is C17H24N2O. The van der Waals surface area contributed by atoms with E-state index in [1.807, 2.05) is 6.92 Å². The SMILES string of the molecule is Cc1ccc2cc(CNCCOCC(C)C)ccc2n1. The molecule has 0 bridgehead atoms. The van der Waals surface area contributed by atoms with Crippen LogP contribution in [-0.2, 0) is 11.3 Å². The van der Waals surface area contributed by atoms with Crippen molar-refractivity contribution in [3.8, 4) is 0 Å². The molecule has 1 heterocycles. The highest BCUT2D eigenvalue weighted by molar-refractivity contribution is 5.79. The first-order valence-electron chi connectivity index (χ1n) is 7.30. The number of aromatic nitrogens is 1. The summed E-state index contributed by atoms with van der Waals surface area (Å²) in [4.78, 5) is 4.51. The van der Waals surface area contributed by atoms with Crippen molar-refractivity contribution in [2.24, 2.45) is 5.92 Å². The first kappa shape index (κ1) is 14.9. The van der Waals surface area contributed by atoms with Gasteiger partial charge in [-0.05, 0) is 36.6 Å². The topological polar surface area (TPSA) is 34.1 Å². The van der Waals surface area contributed by atoms with E-state index in [-0.39, 0.29) is 0 Å². The Morgan fingerprint density at radius 1 is 1.20 bits per heavy atom. The first-order valence-corrected chi connectivity index (χ1v) is 7.30. The van der Waals surface area contributed by atoms with Gasteiger partial charge in [0.2, 0.25) is 0 Å². The van der Waals surface area contributed by atoms with E-state index < -0.39 is 0 Å². The minimum atomic E-state index is 0.603. The summed E-state index contributed by atoms with van der Waals surface area (Å²) in [5.74, 6) is 0.603. The maximum Gasteiger partial charge on any atom is 0.0705 e. The van der Waals surface area contributed by atoms with Crippen molar-refractivity contribution in [2.75, 3.05) is 19.8 Å². The molecular weight excluding hydrogens is 248 g/mol. The fraction of sp³-hybridized carbons (Fsp3) is 0.471. The summed E-state index contributed by atoms with van der Waals surface area (Å²) in [7, 11) is 0. The van der Waals surface area contributed by atoms with Crippen LogP contribution in [0.1, 0.15) is 25.1 Å². The van der Waals surface area contributed by atoms with Crippen molar-refractivity contribution in [1.82, 2.24) is 10.3 Å². The maximum absolute atomic E-state index is 5.54. The van der Waals surface area contributed by atoms with Crippen molar-refractivity contribution in [3.63, 3.8) is 0 Å². The zero-order valence-corrected chi connectivity index (χ0v) is 12.6. The van der Waals surface area contributed by atoms with Gasteiger partial charge in [0.15, 0.2) is 0 Å². The summed E-state index contributed by atoms with van der Waals surface area (Å²) in [5.41, 5.74) is 3.41. The number of pyridine rings is 1. The monoisotopic (exact) mass is 272 g/mol. The fourth-order valence-corrected chi connectivity index (χ4v) is 2.08. The lowest BCUT2D eigenvalue weighted by atomic mass is 10.1. The molecule has 108 valence electrons. The molecule has 0 aliphatic rings. The summed E-state index contributed by atoms with van der Waals surface area (Å²) in [5, 5.41) is 4.61. The van der Waals surface area contributed by atoms with Crippen LogP contribution in [-0.4, -0.2) is 24.7 Å². The van der Waals surface area contributed by atoms with E-state index in [4.69, 9.17) is 4.74 Å². The smallest absolute Gasteiger partial charge is 0.0705 e. The lowest BCUT2D eigenvalue weighted by Gasteiger charge is -2.08. The molecule has 2 rings (SSSR count). The van der Waals surface area contributed by atoms with E-state index in [1.165, 1.54) is 10.9 Å². The summed E-state index contributed by atoms with van der Waals surface area (Å²) < 4.78 is 5.54. The largest absolute Gasteiger partial charge is 0.380 e. The standard InChI is InChI=1S/C17H24N2O/c1-13(2)12-20-9-8-18-11-15-5-7-17-16(10-15)6-4-14(3)19-17/h4-7,10,13,18H,8-9,11-12H2,1-3H3. The Kier molecular flexibility index (Phi) is 5.50. The van der Waals surface area contributed by atoms with Crippen LogP contribution in [0.15, 0.2) is 30.3 Å². The quantitative estimate of drug-likeness (QED) is 0.785. The molecule has 0 saturated heterocycles. The second-order valence-corrected chi connectivity index (χ2v) is 5.63. The van der Waals surface area contributed by atoms with Crippen LogP contribution in [0.5, 0.6) is 0 Å². The molecule has 1 aromatic heterocycles. The molecule has 2 aromatic rings. The van der Waals surface area contributed by atoms with Crippen LogP contribution in [0.25, 0.3) is 10.9 Å². The van der Waals surface area contributed by atoms with Gasteiger partial charge in [-0.2, -0.15) is 0 Å². The average molecular weight is 272 g/mol. The molecule has 1 N–H and O–H groups in total. The third kappa shape index (κ3) is 4.58. The number of benzene rings is 1. The number of ether oxygens (including phenoxy) is 1. The molecule has 0 atom stereocenters. The van der Waals surface area contributed by atoms with E-state index in [1.54, 1.807) is 0 Å². The van der Waals surface area contributed by atoms with Crippen molar-refractivity contribution >= 4 is 10.9 Å². The highest BCUT2D eigenvalue weighted by atomic mass is 16.5. The molecule has 20 heavy (non-hydrogen) atoms. The summed E-state index contributed by atoms with van der Waals surface area (Å²) in [6.07, 6.45) is 0. The Hall–Kier alpha value is -1.45. The van der Waals surface area contributed by atoms with Crippen LogP contribution in [0.3, 0.4) is 0 Å². The zero-order valence-electron chi connectivity index (χ0n) is 12.6. The van der Waals surface area contributed by atoms with Gasteiger partial charge in [0, 0.05) is 30.8 Å². The van der Waals surface area contributed by atoms with Crippen LogP contribution >= 0.6 is 0 Å². The Morgan fingerprint density at radius 2 is 2.05 bits per heavy atom. The predicted molar refractivity (Wildman–Crippen MR) is 83.8 cm³/mol. The molecule has 0 spiro atoms. The van der Waals surface area contributed by atoms with Gasteiger partial charge in [-0.25, -0.2) is 0 Å². The molecule has 0 amide bonds. The van der Waals surface area contributed by atoms with Gasteiger partial charge in [0.25, 0.3) is 0 Å². The summed E-state index contributed by atoms with van der Waals surface area (Å²) in [6.45, 7) is 9.71. The molecule has 3 heteroatoms. The second kappa shape index (κ2) is 7.36. The first-order chi connectivity index (χ1) is 9.65. The summed E-state index contributed by atoms with van der Waals surface area (Å²) >= 11 is 0. The number of nitrogens with zero attached hydrogens (tertiary/aromatic N) is 1. The summed E-state index contributed by atoms with van der Waals surface area (Å²) in [6, 6.07) is 10.6. The second-order valence-electron chi connectivity index (χ2n) is 5.63. The maximum atomic E-state index is 5.54. The Bertz CT molecular complexity index is 552. The van der Waals surface area contributed by atoms with Gasteiger partial charge in [0.05, 0.1) is 12.1 Å². The van der Waals surface area contributed by atoms with E-state index in [2.05, 4.69) is 54.5 Å². The Labute approximate surface area is 121 Å². The van der Waals surface area contributed by atoms with Crippen LogP contribution in [0.2, 0.25) is 0 Å². The van der Waals surface area contributed by atoms with E-state index in [9.17, 15) is 0 Å². The molecule has 0 radical (unpaired) electrons. The number of aryl methyl sites for hydroxylation is 1. The average Bonchev–Trinajstić information content (AvgIpc) is 2.42. The Balaban J connectivity index is 1.80. The van der Waals surface area contributed by atoms with Gasteiger partial charge >= 0.3 is 0 Å². The fourth-order valence-electron chi connectivity index (χ4n) is 2.08. The molecule has 1 aromatic carbocycles. The molecule has 0 fully saturated rings. The normalized spacial score (nSPS) is 11.4. The van der Waals surface area contributed by atoms with Gasteiger partial charge in [-0.15, -0.1) is 0 Å². The molecule has 0 aliphatic heterocycles. The number of hydrogen-bond acceptors (Lipinski definition) is 3. The third-order valence-electron chi connectivity index (χ3n) is 3.10. The van der Waals surface area contributed by atoms with Gasteiger partial charge < -0.3 is 10.1 Å². The molecule has 0 unspecified atom stereocenters. The van der Waals surface area contributed by atoms with Gasteiger partial charge in [-0.1, -0.05) is 26.0 Å². The number of fused-ring (bicyclic) bond motifs is 1. The van der Waals surface area contributed by atoms with Crippen LogP contribution in [0.4, 0.5) is 0 Å². The zero-order chi connectivity index (χ0) is 14.4. The van der Waals surface area contributed by atoms with E-state index >= 15 is 0 Å².